The number of aliphatic hydroxyl groups is 1. The molecule has 0 aliphatic carbocycles. The molecule has 8 nitrogen and oxygen atoms in total. The Labute approximate surface area is 174 Å². The number of carbonyl (C=O) groups is 1. The summed E-state index contributed by atoms with van der Waals surface area (Å²) < 4.78 is 6.41. The van der Waals surface area contributed by atoms with Gasteiger partial charge in [-0.3, -0.25) is 9.59 Å². The van der Waals surface area contributed by atoms with Crippen molar-refractivity contribution in [2.45, 2.75) is 46.1 Å². The first-order valence-corrected chi connectivity index (χ1v) is 9.98. The van der Waals surface area contributed by atoms with E-state index in [1.165, 1.54) is 0 Å². The number of phenols is 1. The molecule has 3 heterocycles. The highest BCUT2D eigenvalue weighted by Gasteiger charge is 2.36. The zero-order chi connectivity index (χ0) is 22.0. The number of anilines is 1. The van der Waals surface area contributed by atoms with Gasteiger partial charge < -0.3 is 30.6 Å². The molecule has 160 valence electrons. The minimum atomic E-state index is -0.890. The zero-order valence-corrected chi connectivity index (χ0v) is 17.3. The van der Waals surface area contributed by atoms with Crippen molar-refractivity contribution < 1.29 is 19.7 Å². The van der Waals surface area contributed by atoms with Gasteiger partial charge >= 0.3 is 0 Å². The number of hydrogen-bond donors (Lipinski definition) is 4. The Morgan fingerprint density at radius 1 is 1.37 bits per heavy atom. The van der Waals surface area contributed by atoms with Crippen LogP contribution in [0, 0.1) is 0 Å². The van der Waals surface area contributed by atoms with E-state index in [1.54, 1.807) is 35.8 Å². The number of rotatable bonds is 5. The lowest BCUT2D eigenvalue weighted by Crippen LogP contribution is -2.27. The first kappa shape index (κ1) is 21.6. The van der Waals surface area contributed by atoms with Crippen LogP contribution in [0.4, 0.5) is 5.69 Å². The Kier molecular flexibility index (Phi) is 6.28. The van der Waals surface area contributed by atoms with Gasteiger partial charge in [-0.2, -0.15) is 0 Å². The van der Waals surface area contributed by atoms with Crippen LogP contribution in [0.3, 0.4) is 0 Å². The first-order valence-electron chi connectivity index (χ1n) is 9.98. The molecule has 0 spiro atoms. The summed E-state index contributed by atoms with van der Waals surface area (Å²) in [5.74, 6) is 0.142. The molecule has 4 rings (SSSR count). The van der Waals surface area contributed by atoms with Gasteiger partial charge in [-0.05, 0) is 47.9 Å². The summed E-state index contributed by atoms with van der Waals surface area (Å²) in [6, 6.07) is 6.54. The second-order valence-electron chi connectivity index (χ2n) is 6.99. The summed E-state index contributed by atoms with van der Waals surface area (Å²) in [6.45, 7) is 6.25. The molecule has 0 saturated heterocycles. The minimum Gasteiger partial charge on any atom is -0.508 e. The van der Waals surface area contributed by atoms with E-state index in [2.05, 4.69) is 5.32 Å². The maximum Gasteiger partial charge on any atom is 0.293 e. The third kappa shape index (κ3) is 3.48. The molecule has 2 aromatic rings. The van der Waals surface area contributed by atoms with Crippen LogP contribution in [0.25, 0.3) is 5.57 Å². The fourth-order valence-corrected chi connectivity index (χ4v) is 4.11. The van der Waals surface area contributed by atoms with Crippen LogP contribution >= 0.6 is 0 Å². The van der Waals surface area contributed by atoms with Crippen molar-refractivity contribution in [2.24, 2.45) is 5.73 Å². The number of aromatic nitrogens is 1. The number of aliphatic hydroxyl groups excluding tert-OH is 1. The van der Waals surface area contributed by atoms with Crippen molar-refractivity contribution in [3.8, 4) is 5.75 Å². The summed E-state index contributed by atoms with van der Waals surface area (Å²) in [5, 5.41) is 23.4. The van der Waals surface area contributed by atoms with Crippen LogP contribution in [-0.2, 0) is 22.7 Å². The van der Waals surface area contributed by atoms with Crippen LogP contribution in [-0.4, -0.2) is 27.8 Å². The molecular formula is C22H27N3O5. The Morgan fingerprint density at radius 3 is 2.73 bits per heavy atom. The zero-order valence-electron chi connectivity index (χ0n) is 17.3. The molecule has 1 aromatic carbocycles. The normalized spacial score (nSPS) is 17.0. The summed E-state index contributed by atoms with van der Waals surface area (Å²) in [5.41, 5.74) is 10.6. The van der Waals surface area contributed by atoms with E-state index < -0.39 is 6.10 Å². The quantitative estimate of drug-likeness (QED) is 0.437. The molecule has 0 amide bonds. The molecule has 30 heavy (non-hydrogen) atoms. The van der Waals surface area contributed by atoms with E-state index in [-0.39, 0.29) is 42.5 Å². The number of aromatic hydroxyl groups is 1. The summed E-state index contributed by atoms with van der Waals surface area (Å²) in [4.78, 5) is 23.7. The number of hydrogen-bond acceptors (Lipinski definition) is 7. The lowest BCUT2D eigenvalue weighted by Gasteiger charge is -2.28. The van der Waals surface area contributed by atoms with Crippen molar-refractivity contribution in [1.29, 1.82) is 0 Å². The van der Waals surface area contributed by atoms with E-state index in [4.69, 9.17) is 10.5 Å². The maximum atomic E-state index is 13.1. The molecule has 0 radical (unpaired) electrons. The van der Waals surface area contributed by atoms with Crippen LogP contribution in [0.15, 0.2) is 34.6 Å². The molecule has 0 bridgehead atoms. The summed E-state index contributed by atoms with van der Waals surface area (Å²) in [6.07, 6.45) is -0.890. The first-order chi connectivity index (χ1) is 14.5. The van der Waals surface area contributed by atoms with Gasteiger partial charge in [0.2, 0.25) is 0 Å². The number of nitrogens with two attached hydrogens (primary N) is 1. The Morgan fingerprint density at radius 2 is 2.10 bits per heavy atom. The fraction of sp³-hybridized carbons (Fsp3) is 0.364. The van der Waals surface area contributed by atoms with Gasteiger partial charge in [0.05, 0.1) is 17.7 Å². The van der Waals surface area contributed by atoms with Crippen LogP contribution in [0.1, 0.15) is 55.3 Å². The number of fused-ring (bicyclic) bond motifs is 4. The number of benzene rings is 1. The fourth-order valence-electron chi connectivity index (χ4n) is 4.11. The van der Waals surface area contributed by atoms with Crippen molar-refractivity contribution in [2.75, 3.05) is 11.9 Å². The van der Waals surface area contributed by atoms with E-state index in [0.29, 0.717) is 12.1 Å². The molecule has 2 aliphatic heterocycles. The third-order valence-electron chi connectivity index (χ3n) is 5.41. The topological polar surface area (TPSA) is 127 Å². The Bertz CT molecular complexity index is 1060. The Hall–Kier alpha value is -3.10. The lowest BCUT2D eigenvalue weighted by atomic mass is 9.89. The van der Waals surface area contributed by atoms with Gasteiger partial charge in [-0.1, -0.05) is 13.8 Å². The maximum absolute atomic E-state index is 13.1. The van der Waals surface area contributed by atoms with Crippen molar-refractivity contribution >= 4 is 17.7 Å². The second-order valence-corrected chi connectivity index (χ2v) is 6.99. The molecule has 8 heteroatoms. The van der Waals surface area contributed by atoms with Gasteiger partial charge in [0.15, 0.2) is 0 Å². The van der Waals surface area contributed by atoms with E-state index >= 15 is 0 Å². The van der Waals surface area contributed by atoms with E-state index in [1.807, 2.05) is 13.8 Å². The molecule has 5 N–H and O–H groups in total. The van der Waals surface area contributed by atoms with Crippen molar-refractivity contribution in [3.05, 3.63) is 62.6 Å². The SMILES string of the molecule is CC.CC(O)c1cc2n(c(=O)c1COC=O)CC1=C(CN)c3cc(O)ccc3NC12. The van der Waals surface area contributed by atoms with Gasteiger partial charge in [-0.25, -0.2) is 0 Å². The van der Waals surface area contributed by atoms with Crippen LogP contribution in [0.2, 0.25) is 0 Å². The predicted octanol–water partition coefficient (Wildman–Crippen LogP) is 2.20. The third-order valence-corrected chi connectivity index (χ3v) is 5.41. The van der Waals surface area contributed by atoms with Crippen molar-refractivity contribution in [3.63, 3.8) is 0 Å². The average Bonchev–Trinajstić information content (AvgIpc) is 3.11. The number of phenolic OH excluding ortho intramolecular Hbond substituents is 1. The van der Waals surface area contributed by atoms with Gasteiger partial charge in [0.25, 0.3) is 12.0 Å². The van der Waals surface area contributed by atoms with E-state index in [9.17, 15) is 19.8 Å². The van der Waals surface area contributed by atoms with Crippen LogP contribution in [0.5, 0.6) is 5.75 Å². The molecule has 2 unspecified atom stereocenters. The largest absolute Gasteiger partial charge is 0.508 e. The average molecular weight is 413 g/mol. The highest BCUT2D eigenvalue weighted by Crippen LogP contribution is 2.45. The molecule has 0 saturated carbocycles. The van der Waals surface area contributed by atoms with Gasteiger partial charge in [-0.15, -0.1) is 0 Å². The number of carbonyl (C=O) groups excluding carboxylic acids is 1. The van der Waals surface area contributed by atoms with Gasteiger partial charge in [0.1, 0.15) is 12.4 Å². The smallest absolute Gasteiger partial charge is 0.293 e. The molecule has 2 atom stereocenters. The Balaban J connectivity index is 0.00000124. The number of nitrogens with zero attached hydrogens (tertiary/aromatic N) is 1. The number of ether oxygens (including phenoxy) is 1. The molecule has 1 aromatic heterocycles. The summed E-state index contributed by atoms with van der Waals surface area (Å²) >= 11 is 0. The monoisotopic (exact) mass is 413 g/mol. The number of pyridine rings is 1. The highest BCUT2D eigenvalue weighted by molar-refractivity contribution is 5.85. The van der Waals surface area contributed by atoms with E-state index in [0.717, 1.165) is 28.1 Å². The second kappa shape index (κ2) is 8.73. The summed E-state index contributed by atoms with van der Waals surface area (Å²) in [7, 11) is 0. The van der Waals surface area contributed by atoms with Crippen LogP contribution < -0.4 is 16.6 Å². The molecule has 0 fully saturated rings. The van der Waals surface area contributed by atoms with Gasteiger partial charge in [0, 0.05) is 30.0 Å². The standard InChI is InChI=1S/C20H21N3O5.C2H6/c1-10(25)12-5-18-19-15(7-23(18)20(27)16(12)8-28-9-24)14(6-21)13-4-11(26)2-3-17(13)22-19;1-2/h2-5,9-10,19,22,25-26H,6-8,21H2,1H3;1-2H3. The van der Waals surface area contributed by atoms with Crippen molar-refractivity contribution in [1.82, 2.24) is 4.57 Å². The highest BCUT2D eigenvalue weighted by atomic mass is 16.5. The predicted molar refractivity (Wildman–Crippen MR) is 114 cm³/mol. The minimum absolute atomic E-state index is 0.142. The molecular weight excluding hydrogens is 386 g/mol. The number of nitrogens with one attached hydrogen (secondary N) is 1. The molecule has 2 aliphatic rings. The lowest BCUT2D eigenvalue weighted by molar-refractivity contribution is -0.129.